The summed E-state index contributed by atoms with van der Waals surface area (Å²) < 4.78 is 5.75. The van der Waals surface area contributed by atoms with Crippen molar-refractivity contribution in [3.8, 4) is 0 Å². The smallest absolute Gasteiger partial charge is 0.0721 e. The minimum atomic E-state index is 0.289. The van der Waals surface area contributed by atoms with Gasteiger partial charge in [-0.2, -0.15) is 0 Å². The summed E-state index contributed by atoms with van der Waals surface area (Å²) >= 11 is 0. The normalized spacial score (nSPS) is 20.2. The molecule has 0 aliphatic carbocycles. The molecule has 1 aromatic heterocycles. The Hall–Kier alpha value is -1.13. The highest BCUT2D eigenvalue weighted by Crippen LogP contribution is 2.23. The van der Waals surface area contributed by atoms with E-state index in [0.717, 1.165) is 38.4 Å². The van der Waals surface area contributed by atoms with Gasteiger partial charge in [0.05, 0.1) is 6.10 Å². The van der Waals surface area contributed by atoms with Gasteiger partial charge in [-0.1, -0.05) is 13.8 Å². The third-order valence-corrected chi connectivity index (χ3v) is 3.59. The number of rotatable bonds is 4. The standard InChI is InChI=1S/C16H27N3O/c1-12(2)17-9-15-10-18-13(3)8-16(15)19-6-5-7-20-14(4)11-19/h8,10,12,14,17H,5-7,9,11H2,1-4H3. The molecular weight excluding hydrogens is 250 g/mol. The monoisotopic (exact) mass is 277 g/mol. The van der Waals surface area contributed by atoms with Gasteiger partial charge >= 0.3 is 0 Å². The predicted octanol–water partition coefficient (Wildman–Crippen LogP) is 2.50. The highest BCUT2D eigenvalue weighted by molar-refractivity contribution is 5.54. The van der Waals surface area contributed by atoms with Gasteiger partial charge in [0, 0.05) is 55.4 Å². The summed E-state index contributed by atoms with van der Waals surface area (Å²) in [5.41, 5.74) is 3.66. The molecule has 1 atom stereocenters. The van der Waals surface area contributed by atoms with E-state index in [0.29, 0.717) is 6.04 Å². The van der Waals surface area contributed by atoms with Crippen molar-refractivity contribution in [3.63, 3.8) is 0 Å². The average molecular weight is 277 g/mol. The van der Waals surface area contributed by atoms with Crippen LogP contribution in [0.5, 0.6) is 0 Å². The Morgan fingerprint density at radius 2 is 2.30 bits per heavy atom. The summed E-state index contributed by atoms with van der Waals surface area (Å²) in [7, 11) is 0. The van der Waals surface area contributed by atoms with Gasteiger partial charge in [-0.25, -0.2) is 0 Å². The molecule has 2 rings (SSSR count). The number of nitrogens with one attached hydrogen (secondary N) is 1. The van der Waals surface area contributed by atoms with Crippen LogP contribution in [-0.2, 0) is 11.3 Å². The Balaban J connectivity index is 2.20. The first kappa shape index (κ1) is 15.3. The van der Waals surface area contributed by atoms with Crippen LogP contribution in [0.15, 0.2) is 12.3 Å². The van der Waals surface area contributed by atoms with E-state index in [4.69, 9.17) is 4.74 Å². The number of pyridine rings is 1. The van der Waals surface area contributed by atoms with E-state index in [2.05, 4.69) is 49.0 Å². The second-order valence-electron chi connectivity index (χ2n) is 5.97. The molecule has 1 saturated heterocycles. The van der Waals surface area contributed by atoms with Crippen LogP contribution in [0, 0.1) is 6.92 Å². The molecule has 0 saturated carbocycles. The van der Waals surface area contributed by atoms with Crippen molar-refractivity contribution < 1.29 is 4.74 Å². The predicted molar refractivity (Wildman–Crippen MR) is 83.2 cm³/mol. The number of nitrogens with zero attached hydrogens (tertiary/aromatic N) is 2. The van der Waals surface area contributed by atoms with Crippen molar-refractivity contribution in [2.75, 3.05) is 24.6 Å². The molecule has 1 aromatic rings. The van der Waals surface area contributed by atoms with Crippen LogP contribution < -0.4 is 10.2 Å². The molecule has 4 nitrogen and oxygen atoms in total. The zero-order valence-corrected chi connectivity index (χ0v) is 13.1. The SMILES string of the molecule is Cc1cc(N2CCCOC(C)C2)c(CNC(C)C)cn1. The minimum absolute atomic E-state index is 0.289. The van der Waals surface area contributed by atoms with Crippen LogP contribution in [-0.4, -0.2) is 36.8 Å². The summed E-state index contributed by atoms with van der Waals surface area (Å²) in [6.07, 6.45) is 3.39. The van der Waals surface area contributed by atoms with Crippen LogP contribution in [0.1, 0.15) is 38.4 Å². The minimum Gasteiger partial charge on any atom is -0.377 e. The van der Waals surface area contributed by atoms with Gasteiger partial charge in [0.25, 0.3) is 0 Å². The fraction of sp³-hybridized carbons (Fsp3) is 0.688. The maximum Gasteiger partial charge on any atom is 0.0721 e. The van der Waals surface area contributed by atoms with Gasteiger partial charge in [0.15, 0.2) is 0 Å². The van der Waals surface area contributed by atoms with E-state index < -0.39 is 0 Å². The van der Waals surface area contributed by atoms with E-state index in [9.17, 15) is 0 Å². The molecule has 0 bridgehead atoms. The number of hydrogen-bond donors (Lipinski definition) is 1. The van der Waals surface area contributed by atoms with E-state index in [-0.39, 0.29) is 6.10 Å². The first-order valence-corrected chi connectivity index (χ1v) is 7.61. The maximum atomic E-state index is 5.75. The van der Waals surface area contributed by atoms with Crippen molar-refractivity contribution in [1.82, 2.24) is 10.3 Å². The van der Waals surface area contributed by atoms with E-state index in [1.165, 1.54) is 11.3 Å². The summed E-state index contributed by atoms with van der Waals surface area (Å²) in [6.45, 7) is 12.3. The van der Waals surface area contributed by atoms with Crippen LogP contribution >= 0.6 is 0 Å². The molecule has 1 aliphatic heterocycles. The van der Waals surface area contributed by atoms with Crippen molar-refractivity contribution in [2.45, 2.75) is 52.8 Å². The molecule has 1 unspecified atom stereocenters. The lowest BCUT2D eigenvalue weighted by Gasteiger charge is -2.27. The fourth-order valence-electron chi connectivity index (χ4n) is 2.53. The summed E-state index contributed by atoms with van der Waals surface area (Å²) in [4.78, 5) is 6.91. The van der Waals surface area contributed by atoms with Gasteiger partial charge < -0.3 is 15.0 Å². The second kappa shape index (κ2) is 7.04. The third kappa shape index (κ3) is 4.18. The molecule has 20 heavy (non-hydrogen) atoms. The van der Waals surface area contributed by atoms with Crippen LogP contribution in [0.25, 0.3) is 0 Å². The van der Waals surface area contributed by atoms with Gasteiger partial charge in [0.1, 0.15) is 0 Å². The number of aryl methyl sites for hydroxylation is 1. The second-order valence-corrected chi connectivity index (χ2v) is 5.97. The van der Waals surface area contributed by atoms with Gasteiger partial charge in [0.2, 0.25) is 0 Å². The largest absolute Gasteiger partial charge is 0.377 e. The van der Waals surface area contributed by atoms with Gasteiger partial charge in [-0.3, -0.25) is 4.98 Å². The molecule has 0 aromatic carbocycles. The highest BCUT2D eigenvalue weighted by Gasteiger charge is 2.18. The number of hydrogen-bond acceptors (Lipinski definition) is 4. The molecule has 1 N–H and O–H groups in total. The number of ether oxygens (including phenoxy) is 1. The van der Waals surface area contributed by atoms with Crippen molar-refractivity contribution >= 4 is 5.69 Å². The van der Waals surface area contributed by atoms with Crippen molar-refractivity contribution in [3.05, 3.63) is 23.5 Å². The number of aromatic nitrogens is 1. The van der Waals surface area contributed by atoms with Gasteiger partial charge in [-0.05, 0) is 26.3 Å². The van der Waals surface area contributed by atoms with Crippen molar-refractivity contribution in [2.24, 2.45) is 0 Å². The molecule has 0 amide bonds. The lowest BCUT2D eigenvalue weighted by Crippen LogP contribution is -2.32. The van der Waals surface area contributed by atoms with Crippen molar-refractivity contribution in [1.29, 1.82) is 0 Å². The molecule has 112 valence electrons. The average Bonchev–Trinajstić information content (AvgIpc) is 2.61. The summed E-state index contributed by atoms with van der Waals surface area (Å²) in [5.74, 6) is 0. The Kier molecular flexibility index (Phi) is 5.38. The molecule has 1 aliphatic rings. The highest BCUT2D eigenvalue weighted by atomic mass is 16.5. The Labute approximate surface area is 122 Å². The summed E-state index contributed by atoms with van der Waals surface area (Å²) in [5, 5.41) is 3.49. The van der Waals surface area contributed by atoms with Crippen LogP contribution in [0.4, 0.5) is 5.69 Å². The molecule has 2 heterocycles. The van der Waals surface area contributed by atoms with E-state index in [1.807, 2.05) is 6.20 Å². The Morgan fingerprint density at radius 3 is 3.05 bits per heavy atom. The summed E-state index contributed by atoms with van der Waals surface area (Å²) in [6, 6.07) is 2.69. The molecule has 4 heteroatoms. The zero-order valence-electron chi connectivity index (χ0n) is 13.1. The topological polar surface area (TPSA) is 37.4 Å². The van der Waals surface area contributed by atoms with Crippen LogP contribution in [0.2, 0.25) is 0 Å². The fourth-order valence-corrected chi connectivity index (χ4v) is 2.53. The Bertz CT molecular complexity index is 434. The molecular formula is C16H27N3O. The van der Waals surface area contributed by atoms with E-state index >= 15 is 0 Å². The lowest BCUT2D eigenvalue weighted by atomic mass is 10.1. The molecule has 0 radical (unpaired) electrons. The molecule has 0 spiro atoms. The zero-order chi connectivity index (χ0) is 14.5. The number of anilines is 1. The maximum absolute atomic E-state index is 5.75. The van der Waals surface area contributed by atoms with Crippen LogP contribution in [0.3, 0.4) is 0 Å². The third-order valence-electron chi connectivity index (χ3n) is 3.59. The first-order chi connectivity index (χ1) is 9.56. The Morgan fingerprint density at radius 1 is 1.50 bits per heavy atom. The lowest BCUT2D eigenvalue weighted by molar-refractivity contribution is 0.0821. The van der Waals surface area contributed by atoms with Gasteiger partial charge in [-0.15, -0.1) is 0 Å². The first-order valence-electron chi connectivity index (χ1n) is 7.61. The molecule has 1 fully saturated rings. The quantitative estimate of drug-likeness (QED) is 0.917. The van der Waals surface area contributed by atoms with E-state index in [1.54, 1.807) is 0 Å².